The van der Waals surface area contributed by atoms with Crippen LogP contribution in [-0.4, -0.2) is 103 Å². The van der Waals surface area contributed by atoms with Crippen LogP contribution in [0.2, 0.25) is 0 Å². The van der Waals surface area contributed by atoms with Gasteiger partial charge in [0.15, 0.2) is 5.79 Å². The summed E-state index contributed by atoms with van der Waals surface area (Å²) in [6, 6.07) is 14.1. The van der Waals surface area contributed by atoms with Gasteiger partial charge < -0.3 is 39.6 Å². The summed E-state index contributed by atoms with van der Waals surface area (Å²) >= 11 is 0. The average molecular weight is 732 g/mol. The van der Waals surface area contributed by atoms with E-state index in [1.807, 2.05) is 24.3 Å². The summed E-state index contributed by atoms with van der Waals surface area (Å²) in [5.74, 6) is -3.16. The van der Waals surface area contributed by atoms with Crippen molar-refractivity contribution in [1.82, 2.24) is 15.5 Å². The molecule has 1 fully saturated rings. The number of hydrogen-bond donors (Lipinski definition) is 3. The number of carbonyl (C=O) groups excluding carboxylic acids is 5. The van der Waals surface area contributed by atoms with Gasteiger partial charge in [0.1, 0.15) is 23.9 Å². The lowest BCUT2D eigenvalue weighted by Gasteiger charge is -2.30. The second-order valence-electron chi connectivity index (χ2n) is 14.8. The van der Waals surface area contributed by atoms with E-state index in [-0.39, 0.29) is 50.3 Å². The third-order valence-corrected chi connectivity index (χ3v) is 9.13. The fourth-order valence-electron chi connectivity index (χ4n) is 6.60. The first-order valence-corrected chi connectivity index (χ1v) is 17.9. The summed E-state index contributed by atoms with van der Waals surface area (Å²) < 4.78 is 24.5. The van der Waals surface area contributed by atoms with Gasteiger partial charge >= 0.3 is 11.9 Å². The second-order valence-corrected chi connectivity index (χ2v) is 14.8. The normalized spacial score (nSPS) is 20.6. The van der Waals surface area contributed by atoms with Crippen molar-refractivity contribution in [2.24, 2.45) is 0 Å². The third-order valence-electron chi connectivity index (χ3n) is 9.13. The summed E-state index contributed by atoms with van der Waals surface area (Å²) in [4.78, 5) is 65.6. The van der Waals surface area contributed by atoms with Crippen molar-refractivity contribution in [3.05, 3.63) is 88.5 Å². The Morgan fingerprint density at radius 2 is 1.68 bits per heavy atom. The van der Waals surface area contributed by atoms with Crippen molar-refractivity contribution in [3.63, 3.8) is 0 Å². The maximum Gasteiger partial charge on any atom is 0.339 e. The molecule has 4 atom stereocenters. The van der Waals surface area contributed by atoms with Gasteiger partial charge in [-0.3, -0.25) is 19.2 Å². The molecule has 3 aliphatic rings. The Morgan fingerprint density at radius 3 is 2.34 bits per heavy atom. The van der Waals surface area contributed by atoms with Gasteiger partial charge in [0.2, 0.25) is 17.7 Å². The molecule has 1 saturated heterocycles. The predicted octanol–water partition coefficient (Wildman–Crippen LogP) is 3.03. The molecule has 1 aliphatic heterocycles. The number of nitrogens with zero attached hydrogens (tertiary/aromatic N) is 1. The SMILES string of the molecule is CN(C)C(=O)C=Cc1ccccc1C(=O)OC1CC(C(=O)NCCC(=O)NC(CO)CCC(=O)OC(C)(C)C)=CC2OC3(Cc4ccccc4C3)OC21. The van der Waals surface area contributed by atoms with Crippen LogP contribution < -0.4 is 10.6 Å². The lowest BCUT2D eigenvalue weighted by atomic mass is 9.91. The van der Waals surface area contributed by atoms with Gasteiger partial charge in [0.05, 0.1) is 18.2 Å². The summed E-state index contributed by atoms with van der Waals surface area (Å²) in [7, 11) is 3.26. The molecule has 3 N–H and O–H groups in total. The number of aliphatic hydroxyl groups excluding tert-OH is 1. The number of fused-ring (bicyclic) bond motifs is 2. The van der Waals surface area contributed by atoms with Gasteiger partial charge in [-0.15, -0.1) is 0 Å². The number of hydrogen-bond acceptors (Lipinski definition) is 10. The zero-order chi connectivity index (χ0) is 38.3. The highest BCUT2D eigenvalue weighted by Crippen LogP contribution is 2.45. The topological polar surface area (TPSA) is 170 Å². The molecule has 0 saturated carbocycles. The molecule has 2 aliphatic carbocycles. The predicted molar refractivity (Wildman–Crippen MR) is 194 cm³/mol. The molecule has 284 valence electrons. The first kappa shape index (κ1) is 39.4. The fraction of sp³-hybridized carbons (Fsp3) is 0.475. The van der Waals surface area contributed by atoms with Crippen molar-refractivity contribution in [2.45, 2.75) is 95.0 Å². The number of likely N-dealkylation sites (N-methyl/N-ethyl adjacent to an activating group) is 1. The number of aliphatic hydroxyl groups is 1. The molecular weight excluding hydrogens is 682 g/mol. The van der Waals surface area contributed by atoms with E-state index in [9.17, 15) is 29.1 Å². The molecule has 5 rings (SSSR count). The Hall–Kier alpha value is -4.85. The van der Waals surface area contributed by atoms with Crippen LogP contribution in [0.3, 0.4) is 0 Å². The van der Waals surface area contributed by atoms with Crippen molar-refractivity contribution in [2.75, 3.05) is 27.2 Å². The fourth-order valence-corrected chi connectivity index (χ4v) is 6.60. The number of rotatable bonds is 13. The van der Waals surface area contributed by atoms with Crippen LogP contribution in [0.1, 0.15) is 73.5 Å². The first-order chi connectivity index (χ1) is 25.1. The van der Waals surface area contributed by atoms with Crippen LogP contribution in [0.4, 0.5) is 0 Å². The van der Waals surface area contributed by atoms with Crippen LogP contribution in [-0.2, 0) is 51.0 Å². The van der Waals surface area contributed by atoms with E-state index in [1.165, 1.54) is 11.0 Å². The molecule has 0 aromatic heterocycles. The molecule has 2 aromatic carbocycles. The molecule has 13 nitrogen and oxygen atoms in total. The molecule has 0 radical (unpaired) electrons. The Morgan fingerprint density at radius 1 is 1.00 bits per heavy atom. The molecule has 1 spiro atoms. The number of amides is 3. The lowest BCUT2D eigenvalue weighted by molar-refractivity contribution is -0.172. The summed E-state index contributed by atoms with van der Waals surface area (Å²) in [5.41, 5.74) is 2.61. The highest BCUT2D eigenvalue weighted by molar-refractivity contribution is 5.97. The minimum Gasteiger partial charge on any atom is -0.460 e. The second kappa shape index (κ2) is 16.9. The van der Waals surface area contributed by atoms with Gasteiger partial charge in [-0.05, 0) is 62.1 Å². The zero-order valence-corrected chi connectivity index (χ0v) is 30.9. The van der Waals surface area contributed by atoms with Gasteiger partial charge in [-0.2, -0.15) is 0 Å². The minimum absolute atomic E-state index is 0.00719. The summed E-state index contributed by atoms with van der Waals surface area (Å²) in [6.07, 6.45) is 3.54. The average Bonchev–Trinajstić information content (AvgIpc) is 3.66. The Balaban J connectivity index is 1.25. The molecule has 3 amide bonds. The number of carbonyl (C=O) groups is 5. The van der Waals surface area contributed by atoms with E-state index in [1.54, 1.807) is 71.3 Å². The zero-order valence-electron chi connectivity index (χ0n) is 30.9. The summed E-state index contributed by atoms with van der Waals surface area (Å²) in [6.45, 7) is 4.91. The Bertz CT molecular complexity index is 1740. The molecule has 0 bridgehead atoms. The van der Waals surface area contributed by atoms with Gasteiger partial charge in [0.25, 0.3) is 0 Å². The van der Waals surface area contributed by atoms with Gasteiger partial charge in [-0.1, -0.05) is 42.5 Å². The van der Waals surface area contributed by atoms with Crippen LogP contribution in [0.25, 0.3) is 6.08 Å². The molecule has 4 unspecified atom stereocenters. The Kier molecular flexibility index (Phi) is 12.5. The molecule has 53 heavy (non-hydrogen) atoms. The molecule has 2 aromatic rings. The van der Waals surface area contributed by atoms with Gasteiger partial charge in [0, 0.05) is 64.4 Å². The largest absolute Gasteiger partial charge is 0.460 e. The molecular formula is C40H49N3O10. The van der Waals surface area contributed by atoms with E-state index in [0.717, 1.165) is 11.1 Å². The highest BCUT2D eigenvalue weighted by atomic mass is 16.8. The van der Waals surface area contributed by atoms with Crippen molar-refractivity contribution in [3.8, 4) is 0 Å². The third kappa shape index (κ3) is 10.4. The van der Waals surface area contributed by atoms with Crippen molar-refractivity contribution in [1.29, 1.82) is 0 Å². The van der Waals surface area contributed by atoms with Crippen molar-refractivity contribution < 1.29 is 48.0 Å². The van der Waals surface area contributed by atoms with Crippen LogP contribution >= 0.6 is 0 Å². The van der Waals surface area contributed by atoms with E-state index in [4.69, 9.17) is 18.9 Å². The van der Waals surface area contributed by atoms with E-state index in [2.05, 4.69) is 10.6 Å². The first-order valence-electron chi connectivity index (χ1n) is 17.9. The van der Waals surface area contributed by atoms with Crippen LogP contribution in [0.15, 0.2) is 66.3 Å². The maximum absolute atomic E-state index is 13.7. The Labute approximate surface area is 309 Å². The standard InChI is InChI=1S/C40H49N3O10/c1-39(2,3)52-35(47)17-15-29(24-44)42-33(45)18-19-41-37(48)28-20-31(50-38(49)30-13-9-8-10-25(30)14-16-34(46)43(4)5)36-32(21-28)51-40(53-36)22-26-11-6-7-12-27(26)23-40/h6-14,16,21,29,31-32,36,44H,15,17-20,22-24H2,1-5H3,(H,41,48)(H,42,45). The maximum atomic E-state index is 13.7. The van der Waals surface area contributed by atoms with Gasteiger partial charge in [-0.25, -0.2) is 4.79 Å². The van der Waals surface area contributed by atoms with E-state index >= 15 is 0 Å². The summed E-state index contributed by atoms with van der Waals surface area (Å²) in [5, 5.41) is 15.2. The highest BCUT2D eigenvalue weighted by Gasteiger charge is 2.55. The molecule has 13 heteroatoms. The number of esters is 2. The molecule has 1 heterocycles. The van der Waals surface area contributed by atoms with Crippen molar-refractivity contribution >= 4 is 35.7 Å². The van der Waals surface area contributed by atoms with Crippen LogP contribution in [0, 0.1) is 0 Å². The quantitative estimate of drug-likeness (QED) is 0.206. The number of ether oxygens (including phenoxy) is 4. The number of nitrogens with one attached hydrogen (secondary N) is 2. The van der Waals surface area contributed by atoms with E-state index < -0.39 is 59.5 Å². The smallest absolute Gasteiger partial charge is 0.339 e. The number of benzene rings is 2. The minimum atomic E-state index is -0.982. The van der Waals surface area contributed by atoms with E-state index in [0.29, 0.717) is 24.0 Å². The monoisotopic (exact) mass is 731 g/mol. The lowest BCUT2D eigenvalue weighted by Crippen LogP contribution is -2.44. The van der Waals surface area contributed by atoms with Crippen LogP contribution in [0.5, 0.6) is 0 Å².